The van der Waals surface area contributed by atoms with Crippen LogP contribution in [0, 0.1) is 0 Å². The van der Waals surface area contributed by atoms with Crippen LogP contribution in [0.15, 0.2) is 24.3 Å². The normalized spacial score (nSPS) is 9.83. The van der Waals surface area contributed by atoms with Crippen LogP contribution >= 0.6 is 0 Å². The molecule has 0 N–H and O–H groups in total. The first kappa shape index (κ1) is 9.07. The van der Waals surface area contributed by atoms with E-state index >= 15 is 0 Å². The van der Waals surface area contributed by atoms with Gasteiger partial charge in [0.25, 0.3) is 0 Å². The minimum absolute atomic E-state index is 0.640. The molecule has 0 fully saturated rings. The molecular formula is C10H14O2. The number of hydrogen-bond acceptors (Lipinski definition) is 2. The predicted molar refractivity (Wildman–Crippen MR) is 48.3 cm³/mol. The van der Waals surface area contributed by atoms with Crippen molar-refractivity contribution in [2.45, 2.75) is 13.5 Å². The van der Waals surface area contributed by atoms with Gasteiger partial charge in [-0.15, -0.1) is 0 Å². The summed E-state index contributed by atoms with van der Waals surface area (Å²) in [5.74, 6) is 0.909. The first-order valence-electron chi connectivity index (χ1n) is 4.07. The van der Waals surface area contributed by atoms with E-state index in [2.05, 4.69) is 0 Å². The van der Waals surface area contributed by atoms with Crippen molar-refractivity contribution in [3.8, 4) is 5.75 Å². The zero-order valence-corrected chi connectivity index (χ0v) is 7.54. The molecule has 0 atom stereocenters. The van der Waals surface area contributed by atoms with E-state index in [1.165, 1.54) is 0 Å². The first-order chi connectivity index (χ1) is 5.86. The Bertz CT molecular complexity index is 212. The van der Waals surface area contributed by atoms with Crippen molar-refractivity contribution in [2.24, 2.45) is 0 Å². The third kappa shape index (κ3) is 2.55. The maximum absolute atomic E-state index is 5.34. The lowest BCUT2D eigenvalue weighted by Crippen LogP contribution is -1.93. The molecule has 1 aromatic rings. The zero-order valence-electron chi connectivity index (χ0n) is 7.54. The van der Waals surface area contributed by atoms with Gasteiger partial charge < -0.3 is 9.47 Å². The molecule has 0 saturated carbocycles. The van der Waals surface area contributed by atoms with Crippen molar-refractivity contribution < 1.29 is 9.47 Å². The SMILES string of the molecule is CCOc1cccc(COC)c1. The highest BCUT2D eigenvalue weighted by Crippen LogP contribution is 2.13. The van der Waals surface area contributed by atoms with Gasteiger partial charge in [0.05, 0.1) is 13.2 Å². The molecule has 2 heteroatoms. The Kier molecular flexibility index (Phi) is 3.61. The van der Waals surface area contributed by atoms with Gasteiger partial charge in [0.1, 0.15) is 5.75 Å². The van der Waals surface area contributed by atoms with Crippen LogP contribution in [0.2, 0.25) is 0 Å². The van der Waals surface area contributed by atoms with Crippen molar-refractivity contribution in [3.05, 3.63) is 29.8 Å². The highest BCUT2D eigenvalue weighted by Gasteiger charge is 1.94. The van der Waals surface area contributed by atoms with E-state index in [4.69, 9.17) is 9.47 Å². The standard InChI is InChI=1S/C10H14O2/c1-3-12-10-6-4-5-9(7-10)8-11-2/h4-7H,3,8H2,1-2H3. The molecule has 12 heavy (non-hydrogen) atoms. The molecule has 0 unspecified atom stereocenters. The highest BCUT2D eigenvalue weighted by atomic mass is 16.5. The number of benzene rings is 1. The van der Waals surface area contributed by atoms with E-state index in [-0.39, 0.29) is 0 Å². The van der Waals surface area contributed by atoms with E-state index in [9.17, 15) is 0 Å². The summed E-state index contributed by atoms with van der Waals surface area (Å²) in [6.45, 7) is 3.32. The third-order valence-electron chi connectivity index (χ3n) is 1.52. The predicted octanol–water partition coefficient (Wildman–Crippen LogP) is 2.23. The lowest BCUT2D eigenvalue weighted by atomic mass is 10.2. The van der Waals surface area contributed by atoms with Crippen molar-refractivity contribution in [3.63, 3.8) is 0 Å². The Morgan fingerprint density at radius 1 is 1.33 bits per heavy atom. The average Bonchev–Trinajstić information content (AvgIpc) is 2.06. The Labute approximate surface area is 73.1 Å². The molecule has 0 amide bonds. The van der Waals surface area contributed by atoms with Crippen LogP contribution in [0.5, 0.6) is 5.75 Å². The molecule has 2 nitrogen and oxygen atoms in total. The molecule has 1 rings (SSSR count). The molecule has 66 valence electrons. The topological polar surface area (TPSA) is 18.5 Å². The van der Waals surface area contributed by atoms with Gasteiger partial charge in [-0.25, -0.2) is 0 Å². The van der Waals surface area contributed by atoms with Crippen LogP contribution in [0.3, 0.4) is 0 Å². The molecule has 0 saturated heterocycles. The molecule has 0 spiro atoms. The fourth-order valence-electron chi connectivity index (χ4n) is 1.06. The molecule has 0 aliphatic rings. The van der Waals surface area contributed by atoms with E-state index in [1.807, 2.05) is 31.2 Å². The van der Waals surface area contributed by atoms with Gasteiger partial charge in [0.2, 0.25) is 0 Å². The lowest BCUT2D eigenvalue weighted by Gasteiger charge is -2.04. The van der Waals surface area contributed by atoms with Crippen LogP contribution in [0.1, 0.15) is 12.5 Å². The van der Waals surface area contributed by atoms with Gasteiger partial charge in [0, 0.05) is 7.11 Å². The third-order valence-corrected chi connectivity index (χ3v) is 1.52. The van der Waals surface area contributed by atoms with Crippen LogP contribution in [-0.2, 0) is 11.3 Å². The van der Waals surface area contributed by atoms with Gasteiger partial charge in [-0.2, -0.15) is 0 Å². The molecule has 0 aliphatic heterocycles. The maximum Gasteiger partial charge on any atom is 0.119 e. The van der Waals surface area contributed by atoms with Crippen molar-refractivity contribution in [1.29, 1.82) is 0 Å². The van der Waals surface area contributed by atoms with Gasteiger partial charge in [-0.05, 0) is 24.6 Å². The number of hydrogen-bond donors (Lipinski definition) is 0. The first-order valence-corrected chi connectivity index (χ1v) is 4.07. The highest BCUT2D eigenvalue weighted by molar-refractivity contribution is 5.27. The van der Waals surface area contributed by atoms with E-state index < -0.39 is 0 Å². The quantitative estimate of drug-likeness (QED) is 0.683. The molecule has 0 heterocycles. The van der Waals surface area contributed by atoms with Gasteiger partial charge in [0.15, 0.2) is 0 Å². The summed E-state index contributed by atoms with van der Waals surface area (Å²) in [7, 11) is 1.69. The Morgan fingerprint density at radius 2 is 2.17 bits per heavy atom. The fraction of sp³-hybridized carbons (Fsp3) is 0.400. The molecule has 1 aromatic carbocycles. The second-order valence-corrected chi connectivity index (χ2v) is 2.51. The van der Waals surface area contributed by atoms with Crippen molar-refractivity contribution >= 4 is 0 Å². The van der Waals surface area contributed by atoms with E-state index in [1.54, 1.807) is 7.11 Å². The summed E-state index contributed by atoms with van der Waals surface area (Å²) in [5.41, 5.74) is 1.14. The largest absolute Gasteiger partial charge is 0.494 e. The summed E-state index contributed by atoms with van der Waals surface area (Å²) in [6.07, 6.45) is 0. The number of ether oxygens (including phenoxy) is 2. The number of methoxy groups -OCH3 is 1. The van der Waals surface area contributed by atoms with Crippen LogP contribution in [0.25, 0.3) is 0 Å². The second kappa shape index (κ2) is 4.78. The minimum atomic E-state index is 0.640. The van der Waals surface area contributed by atoms with Gasteiger partial charge >= 0.3 is 0 Å². The Balaban J connectivity index is 2.67. The Morgan fingerprint density at radius 3 is 2.83 bits per heavy atom. The lowest BCUT2D eigenvalue weighted by molar-refractivity contribution is 0.184. The summed E-state index contributed by atoms with van der Waals surface area (Å²) in [6, 6.07) is 7.93. The van der Waals surface area contributed by atoms with Gasteiger partial charge in [-0.3, -0.25) is 0 Å². The minimum Gasteiger partial charge on any atom is -0.494 e. The van der Waals surface area contributed by atoms with E-state index in [0.717, 1.165) is 11.3 Å². The van der Waals surface area contributed by atoms with Gasteiger partial charge in [-0.1, -0.05) is 12.1 Å². The summed E-state index contributed by atoms with van der Waals surface area (Å²) < 4.78 is 10.3. The smallest absolute Gasteiger partial charge is 0.119 e. The maximum atomic E-state index is 5.34. The van der Waals surface area contributed by atoms with Crippen molar-refractivity contribution in [2.75, 3.05) is 13.7 Å². The monoisotopic (exact) mass is 166 g/mol. The molecule has 0 aliphatic carbocycles. The molecule has 0 bridgehead atoms. The van der Waals surface area contributed by atoms with Crippen LogP contribution in [-0.4, -0.2) is 13.7 Å². The van der Waals surface area contributed by atoms with Crippen LogP contribution < -0.4 is 4.74 Å². The molecule has 0 aromatic heterocycles. The number of rotatable bonds is 4. The Hall–Kier alpha value is -1.02. The second-order valence-electron chi connectivity index (χ2n) is 2.51. The zero-order chi connectivity index (χ0) is 8.81. The summed E-state index contributed by atoms with van der Waals surface area (Å²) in [4.78, 5) is 0. The van der Waals surface area contributed by atoms with Crippen LogP contribution in [0.4, 0.5) is 0 Å². The van der Waals surface area contributed by atoms with Crippen molar-refractivity contribution in [1.82, 2.24) is 0 Å². The summed E-state index contributed by atoms with van der Waals surface area (Å²) in [5, 5.41) is 0. The molecular weight excluding hydrogens is 152 g/mol. The fourth-order valence-corrected chi connectivity index (χ4v) is 1.06. The molecule has 0 radical (unpaired) electrons. The summed E-state index contributed by atoms with van der Waals surface area (Å²) >= 11 is 0. The van der Waals surface area contributed by atoms with E-state index in [0.29, 0.717) is 13.2 Å². The average molecular weight is 166 g/mol.